The van der Waals surface area contributed by atoms with Gasteiger partial charge in [0.25, 0.3) is 40.5 Å². The minimum absolute atomic E-state index is 0.0120. The number of hydrogen-bond donors (Lipinski definition) is 5. The van der Waals surface area contributed by atoms with E-state index in [0.29, 0.717) is 22.9 Å². The van der Waals surface area contributed by atoms with E-state index in [1.54, 1.807) is 24.3 Å². The Morgan fingerprint density at radius 3 is 1.76 bits per heavy atom. The number of aromatic nitrogens is 3. The molecule has 3 aromatic carbocycles. The highest BCUT2D eigenvalue weighted by Crippen LogP contribution is 2.36. The zero-order valence-electron chi connectivity index (χ0n) is 25.1. The van der Waals surface area contributed by atoms with Gasteiger partial charge in [-0.05, 0) is 59.7 Å². The summed E-state index contributed by atoms with van der Waals surface area (Å²) >= 11 is 2.19. The Kier molecular flexibility index (Phi) is 12.2. The van der Waals surface area contributed by atoms with Gasteiger partial charge in [0, 0.05) is 16.9 Å². The van der Waals surface area contributed by atoms with Crippen molar-refractivity contribution in [2.75, 3.05) is 35.4 Å². The summed E-state index contributed by atoms with van der Waals surface area (Å²) in [6.07, 6.45) is 0.207. The van der Waals surface area contributed by atoms with Crippen molar-refractivity contribution in [2.45, 2.75) is 32.9 Å². The number of methoxy groups -OCH3 is 1. The molecule has 0 bridgehead atoms. The van der Waals surface area contributed by atoms with Crippen molar-refractivity contribution in [3.8, 4) is 16.9 Å². The molecular weight excluding hydrogens is 769 g/mol. The summed E-state index contributed by atoms with van der Waals surface area (Å²) in [5, 5.41) is 3.51. The molecule has 0 unspecified atom stereocenters. The minimum atomic E-state index is -4.91. The lowest BCUT2D eigenvalue weighted by atomic mass is 10.0. The summed E-state index contributed by atoms with van der Waals surface area (Å²) in [4.78, 5) is 11.6. The molecule has 49 heavy (non-hydrogen) atoms. The first-order valence-corrected chi connectivity index (χ1v) is 21.7. The van der Waals surface area contributed by atoms with Crippen molar-refractivity contribution in [2.24, 2.45) is 0 Å². The fraction of sp³-hybridized carbons (Fsp3) is 0.269. The van der Waals surface area contributed by atoms with Gasteiger partial charge in [0.05, 0.1) is 29.2 Å². The average Bonchev–Trinajstić information content (AvgIpc) is 2.99. The van der Waals surface area contributed by atoms with E-state index in [2.05, 4.69) is 20.3 Å². The Labute approximate surface area is 290 Å². The predicted octanol–water partition coefficient (Wildman–Crippen LogP) is 3.68. The van der Waals surface area contributed by atoms with Gasteiger partial charge in [-0.3, -0.25) is 18.2 Å². The van der Waals surface area contributed by atoms with Gasteiger partial charge in [0.1, 0.15) is 10.6 Å². The second-order valence-corrected chi connectivity index (χ2v) is 18.1. The number of fused-ring (bicyclic) bond motifs is 1. The molecule has 1 aromatic heterocycles. The Bertz CT molecular complexity index is 2260. The molecule has 0 saturated heterocycles. The van der Waals surface area contributed by atoms with Gasteiger partial charge in [0.2, 0.25) is 5.95 Å². The molecule has 0 fully saturated rings. The van der Waals surface area contributed by atoms with Gasteiger partial charge in [0.15, 0.2) is 10.3 Å². The van der Waals surface area contributed by atoms with Crippen molar-refractivity contribution in [3.05, 3.63) is 48.5 Å². The number of rotatable bonds is 16. The summed E-state index contributed by atoms with van der Waals surface area (Å²) in [6.45, 7) is 0. The number of hydrogen-bond acceptors (Lipinski definition) is 15. The molecule has 266 valence electrons. The third-order valence-electron chi connectivity index (χ3n) is 6.40. The van der Waals surface area contributed by atoms with Crippen LogP contribution in [0.5, 0.6) is 5.75 Å². The number of nitrogens with zero attached hydrogens (tertiary/aromatic N) is 3. The van der Waals surface area contributed by atoms with E-state index in [0.717, 1.165) is 29.6 Å². The van der Waals surface area contributed by atoms with E-state index in [1.165, 1.54) is 19.2 Å². The van der Waals surface area contributed by atoms with Crippen LogP contribution in [0.25, 0.3) is 21.9 Å². The molecule has 0 aliphatic heterocycles. The highest BCUT2D eigenvalue weighted by molar-refractivity contribution is 7.99. The van der Waals surface area contributed by atoms with Crippen molar-refractivity contribution in [3.63, 3.8) is 0 Å². The van der Waals surface area contributed by atoms with Crippen LogP contribution in [0.2, 0.25) is 0 Å². The maximum Gasteiger partial charge on any atom is 0.295 e. The van der Waals surface area contributed by atoms with Crippen LogP contribution in [0.1, 0.15) is 12.8 Å². The van der Waals surface area contributed by atoms with Crippen LogP contribution in [0, 0.1) is 0 Å². The lowest BCUT2D eigenvalue weighted by Crippen LogP contribution is -2.07. The van der Waals surface area contributed by atoms with Gasteiger partial charge in [-0.25, -0.2) is 0 Å². The third-order valence-corrected chi connectivity index (χ3v) is 11.6. The number of anilines is 2. The second kappa shape index (κ2) is 15.4. The summed E-state index contributed by atoms with van der Waals surface area (Å²) in [6, 6.07) is 11.0. The summed E-state index contributed by atoms with van der Waals surface area (Å²) in [5.74, 6) is -0.131. The highest BCUT2D eigenvalue weighted by Gasteiger charge is 2.21. The normalized spacial score (nSPS) is 12.7. The van der Waals surface area contributed by atoms with Gasteiger partial charge in [-0.2, -0.15) is 48.6 Å². The molecule has 0 spiro atoms. The molecule has 0 aliphatic rings. The van der Waals surface area contributed by atoms with E-state index in [4.69, 9.17) is 13.8 Å². The zero-order chi connectivity index (χ0) is 36.2. The first-order chi connectivity index (χ1) is 22.7. The molecular formula is C26H28N4O13S6. The molecule has 4 rings (SSSR count). The van der Waals surface area contributed by atoms with E-state index >= 15 is 0 Å². The predicted molar refractivity (Wildman–Crippen MR) is 182 cm³/mol. The first-order valence-electron chi connectivity index (χ1n) is 13.6. The maximum absolute atomic E-state index is 12.1. The molecule has 0 saturated carbocycles. The Morgan fingerprint density at radius 2 is 1.24 bits per heavy atom. The topological polar surface area (TPSA) is 277 Å². The van der Waals surface area contributed by atoms with E-state index in [1.807, 2.05) is 0 Å². The van der Waals surface area contributed by atoms with Crippen molar-refractivity contribution in [1.82, 2.24) is 15.0 Å². The molecule has 1 heterocycles. The number of thioether (sulfide) groups is 2. The van der Waals surface area contributed by atoms with E-state index in [-0.39, 0.29) is 57.1 Å². The molecule has 4 aromatic rings. The average molecular weight is 797 g/mol. The smallest absolute Gasteiger partial charge is 0.295 e. The summed E-state index contributed by atoms with van der Waals surface area (Å²) < 4.78 is 135. The number of nitrogens with one attached hydrogen (secondary N) is 1. The van der Waals surface area contributed by atoms with Gasteiger partial charge in [-0.15, -0.1) is 0 Å². The van der Waals surface area contributed by atoms with Crippen LogP contribution >= 0.6 is 23.5 Å². The summed E-state index contributed by atoms with van der Waals surface area (Å²) in [7, 11) is -16.6. The largest absolute Gasteiger partial charge is 0.495 e. The molecule has 0 amide bonds. The fourth-order valence-electron chi connectivity index (χ4n) is 4.27. The van der Waals surface area contributed by atoms with Crippen LogP contribution < -0.4 is 10.1 Å². The second-order valence-electron chi connectivity index (χ2n) is 10.0. The molecule has 0 aliphatic carbocycles. The quantitative estimate of drug-likeness (QED) is 0.0614. The monoisotopic (exact) mass is 796 g/mol. The Morgan fingerprint density at radius 1 is 0.694 bits per heavy atom. The fourth-order valence-corrected chi connectivity index (χ4v) is 8.60. The molecule has 5 N–H and O–H groups in total. The molecule has 17 nitrogen and oxygen atoms in total. The molecule has 0 radical (unpaired) electrons. The molecule has 0 atom stereocenters. The van der Waals surface area contributed by atoms with Crippen molar-refractivity contribution in [1.29, 1.82) is 0 Å². The lowest BCUT2D eigenvalue weighted by molar-refractivity contribution is 0.417. The van der Waals surface area contributed by atoms with Gasteiger partial charge in [-0.1, -0.05) is 41.7 Å². The molecule has 23 heteroatoms. The number of benzene rings is 3. The highest BCUT2D eigenvalue weighted by atomic mass is 32.2. The third kappa shape index (κ3) is 11.4. The van der Waals surface area contributed by atoms with Crippen molar-refractivity contribution < 1.29 is 56.6 Å². The number of ether oxygens (including phenoxy) is 1. The van der Waals surface area contributed by atoms with Gasteiger partial charge >= 0.3 is 0 Å². The van der Waals surface area contributed by atoms with E-state index < -0.39 is 61.8 Å². The van der Waals surface area contributed by atoms with Crippen LogP contribution in [-0.4, -0.2) is 97.0 Å². The lowest BCUT2D eigenvalue weighted by Gasteiger charge is -2.14. The van der Waals surface area contributed by atoms with Crippen LogP contribution in [0.4, 0.5) is 11.6 Å². The van der Waals surface area contributed by atoms with Crippen LogP contribution in [-0.2, 0) is 40.5 Å². The van der Waals surface area contributed by atoms with Crippen LogP contribution in [0.15, 0.2) is 68.6 Å². The first kappa shape index (κ1) is 38.7. The Hall–Kier alpha value is -3.13. The van der Waals surface area contributed by atoms with E-state index in [9.17, 15) is 42.8 Å². The summed E-state index contributed by atoms with van der Waals surface area (Å²) in [5.41, 5.74) is 1.35. The maximum atomic E-state index is 12.1. The minimum Gasteiger partial charge on any atom is -0.495 e. The van der Waals surface area contributed by atoms with Gasteiger partial charge < -0.3 is 10.1 Å². The Balaban J connectivity index is 1.65. The van der Waals surface area contributed by atoms with Crippen LogP contribution in [0.3, 0.4) is 0 Å². The SMILES string of the molecule is COc1cc(-c2ccc3cc(S(=O)(=O)O)cc(S(=O)(=O)O)c3c2)ccc1Nc1nc(SCCCS(=O)(=O)O)nc(SCCCS(=O)(=O)O)n1. The standard InChI is InChI=1S/C26H28N4O13S6/c1-43-22-14-17(16-4-5-18-12-19(48(37,38)39)15-23(20(18)13-16)49(40,41)42)6-7-21(22)27-24-28-25(44-8-2-10-46(31,32)33)30-26(29-24)45-9-3-11-47(34,35)36/h4-7,12-15H,2-3,8-11H2,1H3,(H,31,32,33)(H,34,35,36)(H,37,38,39)(H,40,41,42)(H,27,28,29,30). The van der Waals surface area contributed by atoms with Crippen molar-refractivity contribution >= 4 is 86.4 Å². The zero-order valence-corrected chi connectivity index (χ0v) is 30.0.